The smallest absolute Gasteiger partial charge is 0.258 e. The van der Waals surface area contributed by atoms with Gasteiger partial charge >= 0.3 is 0 Å². The fourth-order valence-corrected chi connectivity index (χ4v) is 1.17. The van der Waals surface area contributed by atoms with Crippen molar-refractivity contribution in [2.75, 3.05) is 0 Å². The lowest BCUT2D eigenvalue weighted by Gasteiger charge is -2.11. The van der Waals surface area contributed by atoms with Crippen molar-refractivity contribution < 1.29 is 9.53 Å². The van der Waals surface area contributed by atoms with Crippen LogP contribution < -0.4 is 10.5 Å². The number of carbonyl (C=O) groups excluding carboxylic acids is 1. The Morgan fingerprint density at radius 2 is 2.33 bits per heavy atom. The zero-order chi connectivity index (χ0) is 11.4. The second-order valence-electron chi connectivity index (χ2n) is 3.67. The molecule has 5 nitrogen and oxygen atoms in total. The average Bonchev–Trinajstić information content (AvgIpc) is 2.61. The summed E-state index contributed by atoms with van der Waals surface area (Å²) in [7, 11) is 0. The van der Waals surface area contributed by atoms with E-state index in [4.69, 9.17) is 10.5 Å². The van der Waals surface area contributed by atoms with Crippen molar-refractivity contribution >= 4 is 5.91 Å². The van der Waals surface area contributed by atoms with Gasteiger partial charge in [-0.1, -0.05) is 6.92 Å². The van der Waals surface area contributed by atoms with Gasteiger partial charge in [-0.15, -0.1) is 0 Å². The molecule has 0 spiro atoms. The number of nitrogens with two attached hydrogens (primary N) is 1. The standard InChI is InChI=1S/C10H17N3O2/c1-4-9(10(11)14)15-8-5-12-13(6-8)7(2)3/h5-7,9H,4H2,1-3H3,(H2,11,14). The third kappa shape index (κ3) is 2.97. The van der Waals surface area contributed by atoms with Gasteiger partial charge in [-0.3, -0.25) is 9.48 Å². The van der Waals surface area contributed by atoms with E-state index < -0.39 is 12.0 Å². The summed E-state index contributed by atoms with van der Waals surface area (Å²) in [6.45, 7) is 5.88. The molecule has 5 heteroatoms. The van der Waals surface area contributed by atoms with E-state index in [9.17, 15) is 4.79 Å². The van der Waals surface area contributed by atoms with Gasteiger partial charge in [0, 0.05) is 6.04 Å². The molecule has 1 aromatic rings. The summed E-state index contributed by atoms with van der Waals surface area (Å²) in [5.74, 6) is 0.129. The largest absolute Gasteiger partial charge is 0.477 e. The second kappa shape index (κ2) is 4.82. The summed E-state index contributed by atoms with van der Waals surface area (Å²) in [6.07, 6.45) is 3.33. The molecule has 1 amide bonds. The lowest BCUT2D eigenvalue weighted by molar-refractivity contribution is -0.124. The number of amides is 1. The number of ether oxygens (including phenoxy) is 1. The molecule has 0 aliphatic carbocycles. The van der Waals surface area contributed by atoms with Gasteiger partial charge < -0.3 is 10.5 Å². The van der Waals surface area contributed by atoms with Gasteiger partial charge in [0.05, 0.1) is 12.4 Å². The highest BCUT2D eigenvalue weighted by Gasteiger charge is 2.15. The molecule has 2 N–H and O–H groups in total. The fraction of sp³-hybridized carbons (Fsp3) is 0.600. The number of aromatic nitrogens is 2. The van der Waals surface area contributed by atoms with Crippen LogP contribution in [0.5, 0.6) is 5.75 Å². The van der Waals surface area contributed by atoms with Crippen LogP contribution in [-0.4, -0.2) is 21.8 Å². The van der Waals surface area contributed by atoms with E-state index in [1.807, 2.05) is 20.8 Å². The Kier molecular flexibility index (Phi) is 3.71. The number of carbonyl (C=O) groups is 1. The summed E-state index contributed by atoms with van der Waals surface area (Å²) in [5, 5.41) is 4.10. The lowest BCUT2D eigenvalue weighted by Crippen LogP contribution is -2.32. The minimum absolute atomic E-state index is 0.274. The highest BCUT2D eigenvalue weighted by Crippen LogP contribution is 2.14. The Labute approximate surface area is 89.2 Å². The van der Waals surface area contributed by atoms with Crippen molar-refractivity contribution in [3.05, 3.63) is 12.4 Å². The molecule has 1 atom stereocenters. The van der Waals surface area contributed by atoms with Crippen LogP contribution in [0.15, 0.2) is 12.4 Å². The fourth-order valence-electron chi connectivity index (χ4n) is 1.17. The first-order chi connectivity index (χ1) is 7.04. The molecule has 1 heterocycles. The van der Waals surface area contributed by atoms with Crippen molar-refractivity contribution in [3.8, 4) is 5.75 Å². The summed E-state index contributed by atoms with van der Waals surface area (Å²) in [5.41, 5.74) is 5.17. The first-order valence-corrected chi connectivity index (χ1v) is 5.04. The van der Waals surface area contributed by atoms with Crippen LogP contribution >= 0.6 is 0 Å². The molecule has 0 aromatic carbocycles. The molecular formula is C10H17N3O2. The minimum Gasteiger partial charge on any atom is -0.477 e. The summed E-state index contributed by atoms with van der Waals surface area (Å²) < 4.78 is 7.16. The van der Waals surface area contributed by atoms with Crippen molar-refractivity contribution in [1.29, 1.82) is 0 Å². The second-order valence-corrected chi connectivity index (χ2v) is 3.67. The van der Waals surface area contributed by atoms with E-state index in [1.165, 1.54) is 0 Å². The molecule has 84 valence electrons. The Morgan fingerprint density at radius 3 is 2.73 bits per heavy atom. The van der Waals surface area contributed by atoms with Gasteiger partial charge in [0.15, 0.2) is 11.9 Å². The van der Waals surface area contributed by atoms with Crippen molar-refractivity contribution in [2.45, 2.75) is 39.3 Å². The summed E-state index contributed by atoms with van der Waals surface area (Å²) in [4.78, 5) is 10.9. The summed E-state index contributed by atoms with van der Waals surface area (Å²) >= 11 is 0. The van der Waals surface area contributed by atoms with Gasteiger partial charge in [0.2, 0.25) is 0 Å². The third-order valence-electron chi connectivity index (χ3n) is 2.07. The van der Waals surface area contributed by atoms with Crippen LogP contribution in [0.2, 0.25) is 0 Å². The molecule has 0 saturated carbocycles. The van der Waals surface area contributed by atoms with E-state index in [0.29, 0.717) is 12.2 Å². The molecule has 15 heavy (non-hydrogen) atoms. The van der Waals surface area contributed by atoms with Crippen molar-refractivity contribution in [2.24, 2.45) is 5.73 Å². The van der Waals surface area contributed by atoms with Crippen LogP contribution in [0.3, 0.4) is 0 Å². The number of primary amides is 1. The van der Waals surface area contributed by atoms with Crippen LogP contribution in [-0.2, 0) is 4.79 Å². The van der Waals surface area contributed by atoms with E-state index in [2.05, 4.69) is 5.10 Å². The quantitative estimate of drug-likeness (QED) is 0.793. The van der Waals surface area contributed by atoms with Gasteiger partial charge in [-0.2, -0.15) is 5.10 Å². The number of nitrogens with zero attached hydrogens (tertiary/aromatic N) is 2. The van der Waals surface area contributed by atoms with E-state index in [0.717, 1.165) is 0 Å². The Hall–Kier alpha value is -1.52. The normalized spacial score (nSPS) is 12.8. The summed E-state index contributed by atoms with van der Waals surface area (Å²) in [6, 6.07) is 0.274. The highest BCUT2D eigenvalue weighted by atomic mass is 16.5. The zero-order valence-electron chi connectivity index (χ0n) is 9.30. The third-order valence-corrected chi connectivity index (χ3v) is 2.07. The monoisotopic (exact) mass is 211 g/mol. The van der Waals surface area contributed by atoms with E-state index in [1.54, 1.807) is 17.1 Å². The molecule has 0 saturated heterocycles. The molecular weight excluding hydrogens is 194 g/mol. The van der Waals surface area contributed by atoms with Crippen LogP contribution in [0, 0.1) is 0 Å². The molecule has 1 unspecified atom stereocenters. The predicted molar refractivity (Wildman–Crippen MR) is 56.5 cm³/mol. The Morgan fingerprint density at radius 1 is 1.67 bits per heavy atom. The van der Waals surface area contributed by atoms with Crippen LogP contribution in [0.4, 0.5) is 0 Å². The molecule has 1 aromatic heterocycles. The van der Waals surface area contributed by atoms with Gasteiger partial charge in [-0.05, 0) is 20.3 Å². The first-order valence-electron chi connectivity index (χ1n) is 5.04. The van der Waals surface area contributed by atoms with Crippen LogP contribution in [0.25, 0.3) is 0 Å². The maximum atomic E-state index is 10.9. The topological polar surface area (TPSA) is 70.1 Å². The number of hydrogen-bond donors (Lipinski definition) is 1. The highest BCUT2D eigenvalue weighted by molar-refractivity contribution is 5.79. The molecule has 0 fully saturated rings. The van der Waals surface area contributed by atoms with Gasteiger partial charge in [0.25, 0.3) is 5.91 Å². The molecule has 1 rings (SSSR count). The lowest BCUT2D eigenvalue weighted by atomic mass is 10.2. The predicted octanol–water partition coefficient (Wildman–Crippen LogP) is 1.11. The molecule has 0 radical (unpaired) electrons. The number of rotatable bonds is 5. The van der Waals surface area contributed by atoms with Crippen LogP contribution in [0.1, 0.15) is 33.2 Å². The average molecular weight is 211 g/mol. The van der Waals surface area contributed by atoms with Gasteiger partial charge in [0.1, 0.15) is 0 Å². The SMILES string of the molecule is CCC(Oc1cnn(C(C)C)c1)C(N)=O. The Bertz CT molecular complexity index is 333. The molecule has 0 aliphatic rings. The minimum atomic E-state index is -0.574. The van der Waals surface area contributed by atoms with Gasteiger partial charge in [-0.25, -0.2) is 0 Å². The van der Waals surface area contributed by atoms with Crippen molar-refractivity contribution in [1.82, 2.24) is 9.78 Å². The number of hydrogen-bond acceptors (Lipinski definition) is 3. The maximum absolute atomic E-state index is 10.9. The molecule has 0 bridgehead atoms. The Balaban J connectivity index is 2.67. The van der Waals surface area contributed by atoms with E-state index >= 15 is 0 Å². The first kappa shape index (κ1) is 11.6. The molecule has 0 aliphatic heterocycles. The van der Waals surface area contributed by atoms with Crippen molar-refractivity contribution in [3.63, 3.8) is 0 Å². The zero-order valence-corrected chi connectivity index (χ0v) is 9.30. The maximum Gasteiger partial charge on any atom is 0.258 e. The van der Waals surface area contributed by atoms with E-state index in [-0.39, 0.29) is 6.04 Å².